The average molecular weight is 256 g/mol. The Morgan fingerprint density at radius 3 is 3.00 bits per heavy atom. The van der Waals surface area contributed by atoms with Crippen molar-refractivity contribution in [1.29, 1.82) is 0 Å². The SMILES string of the molecule is Cc1cc(Br)c2ncc([N+](=O)[O-])n2c1. The second-order valence-corrected chi connectivity index (χ2v) is 3.79. The van der Waals surface area contributed by atoms with Gasteiger partial charge in [-0.1, -0.05) is 0 Å². The summed E-state index contributed by atoms with van der Waals surface area (Å²) in [5.41, 5.74) is 1.49. The van der Waals surface area contributed by atoms with Crippen LogP contribution < -0.4 is 0 Å². The van der Waals surface area contributed by atoms with E-state index in [1.807, 2.05) is 13.0 Å². The van der Waals surface area contributed by atoms with Crippen LogP contribution in [0.15, 0.2) is 22.9 Å². The largest absolute Gasteiger partial charge is 0.358 e. The Hall–Kier alpha value is -1.43. The minimum Gasteiger partial charge on any atom is -0.358 e. The van der Waals surface area contributed by atoms with Crippen molar-refractivity contribution in [3.63, 3.8) is 0 Å². The molecule has 0 amide bonds. The van der Waals surface area contributed by atoms with Crippen molar-refractivity contribution in [1.82, 2.24) is 9.38 Å². The highest BCUT2D eigenvalue weighted by atomic mass is 79.9. The number of hydrogen-bond donors (Lipinski definition) is 0. The third kappa shape index (κ3) is 1.27. The summed E-state index contributed by atoms with van der Waals surface area (Å²) in [5.74, 6) is -0.0237. The fraction of sp³-hybridized carbons (Fsp3) is 0.125. The number of imidazole rings is 1. The molecule has 2 aromatic heterocycles. The molecule has 0 aromatic carbocycles. The molecule has 0 atom stereocenters. The summed E-state index contributed by atoms with van der Waals surface area (Å²) >= 11 is 3.30. The molecule has 2 aromatic rings. The van der Waals surface area contributed by atoms with Crippen LogP contribution in [0.25, 0.3) is 5.65 Å². The molecule has 0 saturated heterocycles. The molecule has 0 fully saturated rings. The van der Waals surface area contributed by atoms with Crippen LogP contribution in [0, 0.1) is 17.0 Å². The smallest absolute Gasteiger partial charge is 0.347 e. The number of aromatic nitrogens is 2. The van der Waals surface area contributed by atoms with Crippen molar-refractivity contribution in [2.24, 2.45) is 0 Å². The van der Waals surface area contributed by atoms with Crippen molar-refractivity contribution in [3.05, 3.63) is 38.6 Å². The van der Waals surface area contributed by atoms with Crippen LogP contribution in [0.4, 0.5) is 5.82 Å². The molecule has 0 radical (unpaired) electrons. The number of hydrogen-bond acceptors (Lipinski definition) is 3. The molecule has 0 N–H and O–H groups in total. The van der Waals surface area contributed by atoms with Crippen LogP contribution in [0.5, 0.6) is 0 Å². The zero-order chi connectivity index (χ0) is 10.3. The van der Waals surface area contributed by atoms with E-state index in [0.717, 1.165) is 10.0 Å². The summed E-state index contributed by atoms with van der Waals surface area (Å²) in [6.07, 6.45) is 2.94. The van der Waals surface area contributed by atoms with Gasteiger partial charge in [0.1, 0.15) is 12.4 Å². The molecule has 0 spiro atoms. The van der Waals surface area contributed by atoms with Crippen molar-refractivity contribution in [3.8, 4) is 0 Å². The van der Waals surface area contributed by atoms with Gasteiger partial charge < -0.3 is 10.1 Å². The molecular formula is C8H6BrN3O2. The van der Waals surface area contributed by atoms with E-state index >= 15 is 0 Å². The van der Waals surface area contributed by atoms with Gasteiger partial charge in [0.05, 0.1) is 4.47 Å². The minimum absolute atomic E-state index is 0.0237. The summed E-state index contributed by atoms with van der Waals surface area (Å²) in [4.78, 5) is 14.1. The minimum atomic E-state index is -0.453. The van der Waals surface area contributed by atoms with Gasteiger partial charge in [-0.2, -0.15) is 4.40 Å². The normalized spacial score (nSPS) is 10.7. The van der Waals surface area contributed by atoms with Crippen molar-refractivity contribution in [2.75, 3.05) is 0 Å². The highest BCUT2D eigenvalue weighted by Gasteiger charge is 2.15. The van der Waals surface area contributed by atoms with Crippen molar-refractivity contribution >= 4 is 27.4 Å². The lowest BCUT2D eigenvalue weighted by Crippen LogP contribution is -1.94. The van der Waals surface area contributed by atoms with Gasteiger partial charge in [-0.3, -0.25) is 0 Å². The van der Waals surface area contributed by atoms with Gasteiger partial charge in [0.25, 0.3) is 0 Å². The Labute approximate surface area is 87.7 Å². The van der Waals surface area contributed by atoms with Crippen LogP contribution >= 0.6 is 15.9 Å². The Morgan fingerprint density at radius 2 is 2.36 bits per heavy atom. The summed E-state index contributed by atoms with van der Waals surface area (Å²) in [7, 11) is 0. The van der Waals surface area contributed by atoms with Crippen LogP contribution in [0.1, 0.15) is 5.56 Å². The van der Waals surface area contributed by atoms with E-state index in [9.17, 15) is 10.1 Å². The zero-order valence-corrected chi connectivity index (χ0v) is 8.85. The van der Waals surface area contributed by atoms with E-state index in [1.165, 1.54) is 10.6 Å². The van der Waals surface area contributed by atoms with E-state index in [0.29, 0.717) is 5.65 Å². The molecule has 0 unspecified atom stereocenters. The second-order valence-electron chi connectivity index (χ2n) is 2.93. The highest BCUT2D eigenvalue weighted by molar-refractivity contribution is 9.10. The van der Waals surface area contributed by atoms with Gasteiger partial charge in [-0.15, -0.1) is 0 Å². The standard InChI is InChI=1S/C8H6BrN3O2/c1-5-2-6(9)8-10-3-7(12(13)14)11(8)4-5/h2-4H,1H3. The second kappa shape index (κ2) is 3.06. The fourth-order valence-corrected chi connectivity index (χ4v) is 1.95. The summed E-state index contributed by atoms with van der Waals surface area (Å²) in [6.45, 7) is 1.87. The molecule has 0 aliphatic heterocycles. The molecule has 0 bridgehead atoms. The quantitative estimate of drug-likeness (QED) is 0.581. The van der Waals surface area contributed by atoms with Gasteiger partial charge in [0.15, 0.2) is 0 Å². The molecule has 2 heterocycles. The Bertz CT molecular complexity index is 521. The lowest BCUT2D eigenvalue weighted by molar-refractivity contribution is -0.390. The van der Waals surface area contributed by atoms with Gasteiger partial charge in [-0.25, -0.2) is 4.98 Å². The van der Waals surface area contributed by atoms with Crippen molar-refractivity contribution < 1.29 is 4.92 Å². The van der Waals surface area contributed by atoms with Gasteiger partial charge in [-0.05, 0) is 39.4 Å². The first-order chi connectivity index (χ1) is 6.59. The summed E-state index contributed by atoms with van der Waals surface area (Å²) in [5, 5.41) is 10.6. The van der Waals surface area contributed by atoms with Crippen LogP contribution in [-0.4, -0.2) is 14.3 Å². The predicted molar refractivity (Wildman–Crippen MR) is 54.3 cm³/mol. The van der Waals surface area contributed by atoms with E-state index in [1.54, 1.807) is 6.20 Å². The highest BCUT2D eigenvalue weighted by Crippen LogP contribution is 2.22. The molecule has 0 saturated carbocycles. The molecule has 0 aliphatic rings. The molecule has 72 valence electrons. The third-order valence-corrected chi connectivity index (χ3v) is 2.45. The van der Waals surface area contributed by atoms with Crippen LogP contribution in [0.2, 0.25) is 0 Å². The number of nitrogens with zero attached hydrogens (tertiary/aromatic N) is 3. The first-order valence-corrected chi connectivity index (χ1v) is 4.66. The molecule has 0 aliphatic carbocycles. The van der Waals surface area contributed by atoms with Gasteiger partial charge >= 0.3 is 5.82 Å². The first kappa shape index (κ1) is 9.14. The number of nitro groups is 1. The molecule has 14 heavy (non-hydrogen) atoms. The maximum atomic E-state index is 10.6. The van der Waals surface area contributed by atoms with Crippen molar-refractivity contribution in [2.45, 2.75) is 6.92 Å². The van der Waals surface area contributed by atoms with Gasteiger partial charge in [0, 0.05) is 0 Å². The number of aryl methyl sites for hydroxylation is 1. The lowest BCUT2D eigenvalue weighted by Gasteiger charge is -1.96. The zero-order valence-electron chi connectivity index (χ0n) is 7.27. The number of rotatable bonds is 1. The van der Waals surface area contributed by atoms with E-state index < -0.39 is 4.92 Å². The Balaban J connectivity index is 2.85. The van der Waals surface area contributed by atoms with Gasteiger partial charge in [0.2, 0.25) is 5.65 Å². The Kier molecular flexibility index (Phi) is 1.99. The number of fused-ring (bicyclic) bond motifs is 1. The monoisotopic (exact) mass is 255 g/mol. The molecule has 5 nitrogen and oxygen atoms in total. The molecule has 2 rings (SSSR count). The molecule has 6 heteroatoms. The van der Waals surface area contributed by atoms with Crippen LogP contribution in [0.3, 0.4) is 0 Å². The summed E-state index contributed by atoms with van der Waals surface area (Å²) in [6, 6.07) is 1.87. The Morgan fingerprint density at radius 1 is 1.64 bits per heavy atom. The predicted octanol–water partition coefficient (Wildman–Crippen LogP) is 2.31. The van der Waals surface area contributed by atoms with E-state index in [-0.39, 0.29) is 5.82 Å². The topological polar surface area (TPSA) is 60.4 Å². The maximum Gasteiger partial charge on any atom is 0.347 e. The third-order valence-electron chi connectivity index (χ3n) is 1.87. The van der Waals surface area contributed by atoms with E-state index in [2.05, 4.69) is 20.9 Å². The molecular weight excluding hydrogens is 250 g/mol. The fourth-order valence-electron chi connectivity index (χ4n) is 1.30. The number of halogens is 1. The average Bonchev–Trinajstić information content (AvgIpc) is 2.47. The lowest BCUT2D eigenvalue weighted by atomic mass is 10.3. The first-order valence-electron chi connectivity index (χ1n) is 3.87. The maximum absolute atomic E-state index is 10.6. The number of pyridine rings is 1. The van der Waals surface area contributed by atoms with Crippen LogP contribution in [-0.2, 0) is 0 Å². The summed E-state index contributed by atoms with van der Waals surface area (Å²) < 4.78 is 2.21. The van der Waals surface area contributed by atoms with E-state index in [4.69, 9.17) is 0 Å².